The Morgan fingerprint density at radius 3 is 2.55 bits per heavy atom. The lowest BCUT2D eigenvalue weighted by Crippen LogP contribution is -2.30. The Kier molecular flexibility index (Phi) is 3.82. The van der Waals surface area contributed by atoms with Gasteiger partial charge in [0.15, 0.2) is 0 Å². The maximum absolute atomic E-state index is 6.00. The number of nitrogens with one attached hydrogen (secondary N) is 1. The van der Waals surface area contributed by atoms with Crippen molar-refractivity contribution in [2.24, 2.45) is 0 Å². The van der Waals surface area contributed by atoms with E-state index in [1.54, 1.807) is 0 Å². The molecular weight excluding hydrogens is 266 g/mol. The van der Waals surface area contributed by atoms with E-state index >= 15 is 0 Å². The first-order valence-electron chi connectivity index (χ1n) is 7.26. The molecule has 0 fully saturated rings. The first kappa shape index (κ1) is 13.7. The third kappa shape index (κ3) is 2.61. The average molecular weight is 286 g/mol. The molecule has 0 radical (unpaired) electrons. The Morgan fingerprint density at radius 2 is 1.85 bits per heavy atom. The van der Waals surface area contributed by atoms with Crippen molar-refractivity contribution in [2.75, 3.05) is 6.54 Å². The fourth-order valence-electron chi connectivity index (χ4n) is 2.88. The molecule has 1 atom stereocenters. The van der Waals surface area contributed by atoms with E-state index in [1.807, 2.05) is 12.1 Å². The topological polar surface area (TPSA) is 12.0 Å². The Bertz CT molecular complexity index is 601. The molecule has 1 nitrogen and oxygen atoms in total. The summed E-state index contributed by atoms with van der Waals surface area (Å²) >= 11 is 6.00. The highest BCUT2D eigenvalue weighted by atomic mass is 35.5. The van der Waals surface area contributed by atoms with Crippen LogP contribution in [-0.2, 0) is 6.42 Å². The van der Waals surface area contributed by atoms with Crippen LogP contribution in [0.25, 0.3) is 0 Å². The third-order valence-corrected chi connectivity index (χ3v) is 4.35. The number of hydrogen-bond acceptors (Lipinski definition) is 1. The summed E-state index contributed by atoms with van der Waals surface area (Å²) in [6.45, 7) is 5.52. The summed E-state index contributed by atoms with van der Waals surface area (Å²) in [5.74, 6) is 0.563. The van der Waals surface area contributed by atoms with E-state index in [2.05, 4.69) is 49.5 Å². The van der Waals surface area contributed by atoms with E-state index in [1.165, 1.54) is 22.3 Å². The SMILES string of the molecule is CC(C)c1ccc2c(c1)C(c1ccc(Cl)cc1)NCC2. The van der Waals surface area contributed by atoms with E-state index in [-0.39, 0.29) is 6.04 Å². The highest BCUT2D eigenvalue weighted by molar-refractivity contribution is 6.30. The highest BCUT2D eigenvalue weighted by Gasteiger charge is 2.21. The molecule has 0 spiro atoms. The molecule has 2 aromatic carbocycles. The number of fused-ring (bicyclic) bond motifs is 1. The van der Waals surface area contributed by atoms with Gasteiger partial charge in [0.05, 0.1) is 6.04 Å². The summed E-state index contributed by atoms with van der Waals surface area (Å²) in [5, 5.41) is 4.43. The smallest absolute Gasteiger partial charge is 0.0579 e. The number of benzene rings is 2. The van der Waals surface area contributed by atoms with Crippen molar-refractivity contribution in [3.63, 3.8) is 0 Å². The van der Waals surface area contributed by atoms with Crippen LogP contribution in [0.2, 0.25) is 5.02 Å². The first-order valence-corrected chi connectivity index (χ1v) is 7.64. The largest absolute Gasteiger partial charge is 0.306 e. The zero-order valence-electron chi connectivity index (χ0n) is 12.0. The summed E-state index contributed by atoms with van der Waals surface area (Å²) in [7, 11) is 0. The van der Waals surface area contributed by atoms with E-state index in [0.717, 1.165) is 18.0 Å². The monoisotopic (exact) mass is 285 g/mol. The number of halogens is 1. The molecule has 0 bridgehead atoms. The fourth-order valence-corrected chi connectivity index (χ4v) is 3.01. The quantitative estimate of drug-likeness (QED) is 0.843. The molecular formula is C18H20ClN. The second kappa shape index (κ2) is 5.59. The van der Waals surface area contributed by atoms with Crippen LogP contribution >= 0.6 is 11.6 Å². The van der Waals surface area contributed by atoms with Gasteiger partial charge in [0.2, 0.25) is 0 Å². The molecule has 0 aliphatic carbocycles. The van der Waals surface area contributed by atoms with Gasteiger partial charge >= 0.3 is 0 Å². The summed E-state index contributed by atoms with van der Waals surface area (Å²) in [4.78, 5) is 0. The molecule has 0 aromatic heterocycles. The van der Waals surface area contributed by atoms with Crippen molar-refractivity contribution in [1.82, 2.24) is 5.32 Å². The van der Waals surface area contributed by atoms with Gasteiger partial charge in [0, 0.05) is 11.6 Å². The van der Waals surface area contributed by atoms with Gasteiger partial charge in [-0.25, -0.2) is 0 Å². The van der Waals surface area contributed by atoms with Gasteiger partial charge in [-0.15, -0.1) is 0 Å². The summed E-state index contributed by atoms with van der Waals surface area (Å²) in [6, 6.07) is 15.4. The molecule has 0 saturated heterocycles. The molecule has 2 heteroatoms. The molecule has 0 amide bonds. The predicted octanol–water partition coefficient (Wildman–Crippen LogP) is 4.70. The van der Waals surface area contributed by atoms with Crippen molar-refractivity contribution >= 4 is 11.6 Å². The van der Waals surface area contributed by atoms with Crippen LogP contribution in [-0.4, -0.2) is 6.54 Å². The second-order valence-corrected chi connectivity index (χ2v) is 6.24. The molecule has 3 rings (SSSR count). The van der Waals surface area contributed by atoms with Gasteiger partial charge in [-0.1, -0.05) is 55.8 Å². The van der Waals surface area contributed by atoms with Gasteiger partial charge in [0.1, 0.15) is 0 Å². The van der Waals surface area contributed by atoms with Gasteiger partial charge in [-0.05, 0) is 46.7 Å². The van der Waals surface area contributed by atoms with Crippen molar-refractivity contribution in [2.45, 2.75) is 32.2 Å². The van der Waals surface area contributed by atoms with Crippen molar-refractivity contribution in [3.05, 3.63) is 69.7 Å². The number of hydrogen-bond donors (Lipinski definition) is 1. The van der Waals surface area contributed by atoms with Gasteiger partial charge in [0.25, 0.3) is 0 Å². The molecule has 20 heavy (non-hydrogen) atoms. The summed E-state index contributed by atoms with van der Waals surface area (Å²) in [6.07, 6.45) is 1.11. The second-order valence-electron chi connectivity index (χ2n) is 5.80. The van der Waals surface area contributed by atoms with E-state index in [9.17, 15) is 0 Å². The minimum absolute atomic E-state index is 0.287. The van der Waals surface area contributed by atoms with Gasteiger partial charge < -0.3 is 5.32 Å². The Morgan fingerprint density at radius 1 is 1.10 bits per heavy atom. The molecule has 1 aliphatic heterocycles. The van der Waals surface area contributed by atoms with Gasteiger partial charge in [-0.2, -0.15) is 0 Å². The lowest BCUT2D eigenvalue weighted by atomic mass is 9.87. The van der Waals surface area contributed by atoms with E-state index in [4.69, 9.17) is 11.6 Å². The first-order chi connectivity index (χ1) is 9.65. The standard InChI is InChI=1S/C18H20ClN/c1-12(2)15-4-3-13-9-10-20-18(17(13)11-15)14-5-7-16(19)8-6-14/h3-8,11-12,18,20H,9-10H2,1-2H3. The lowest BCUT2D eigenvalue weighted by Gasteiger charge is -2.28. The minimum atomic E-state index is 0.287. The van der Waals surface area contributed by atoms with Crippen molar-refractivity contribution < 1.29 is 0 Å². The Balaban J connectivity index is 2.03. The predicted molar refractivity (Wildman–Crippen MR) is 85.5 cm³/mol. The minimum Gasteiger partial charge on any atom is -0.306 e. The van der Waals surface area contributed by atoms with Crippen molar-refractivity contribution in [3.8, 4) is 0 Å². The van der Waals surface area contributed by atoms with Gasteiger partial charge in [-0.3, -0.25) is 0 Å². The molecule has 2 aromatic rings. The summed E-state index contributed by atoms with van der Waals surface area (Å²) < 4.78 is 0. The van der Waals surface area contributed by atoms with E-state index in [0.29, 0.717) is 5.92 Å². The molecule has 1 unspecified atom stereocenters. The summed E-state index contributed by atoms with van der Waals surface area (Å²) in [5.41, 5.74) is 5.58. The van der Waals surface area contributed by atoms with Crippen LogP contribution < -0.4 is 5.32 Å². The van der Waals surface area contributed by atoms with E-state index < -0.39 is 0 Å². The third-order valence-electron chi connectivity index (χ3n) is 4.09. The van der Waals surface area contributed by atoms with Crippen molar-refractivity contribution in [1.29, 1.82) is 0 Å². The lowest BCUT2D eigenvalue weighted by molar-refractivity contribution is 0.566. The average Bonchev–Trinajstić information content (AvgIpc) is 2.47. The zero-order chi connectivity index (χ0) is 14.1. The zero-order valence-corrected chi connectivity index (χ0v) is 12.7. The highest BCUT2D eigenvalue weighted by Crippen LogP contribution is 2.31. The molecule has 1 N–H and O–H groups in total. The Hall–Kier alpha value is -1.31. The fraction of sp³-hybridized carbons (Fsp3) is 0.333. The Labute approximate surface area is 126 Å². The molecule has 1 heterocycles. The van der Waals surface area contributed by atoms with Crippen LogP contribution in [0.1, 0.15) is 48.1 Å². The molecule has 0 saturated carbocycles. The maximum Gasteiger partial charge on any atom is 0.0579 e. The number of rotatable bonds is 2. The van der Waals surface area contributed by atoms with Crippen LogP contribution in [0.15, 0.2) is 42.5 Å². The van der Waals surface area contributed by atoms with Crippen LogP contribution in [0.3, 0.4) is 0 Å². The maximum atomic E-state index is 6.00. The van der Waals surface area contributed by atoms with Crippen LogP contribution in [0.5, 0.6) is 0 Å². The van der Waals surface area contributed by atoms with Crippen LogP contribution in [0, 0.1) is 0 Å². The van der Waals surface area contributed by atoms with Crippen LogP contribution in [0.4, 0.5) is 0 Å². The normalized spacial score (nSPS) is 18.1. The molecule has 104 valence electrons. The molecule has 1 aliphatic rings.